The summed E-state index contributed by atoms with van der Waals surface area (Å²) in [7, 11) is 0. The summed E-state index contributed by atoms with van der Waals surface area (Å²) in [6.07, 6.45) is -0.193. The lowest BCUT2D eigenvalue weighted by molar-refractivity contribution is -0.133. The minimum atomic E-state index is -1.28. The second-order valence-electron chi connectivity index (χ2n) is 8.26. The van der Waals surface area contributed by atoms with Crippen molar-refractivity contribution in [3.05, 3.63) is 65.0 Å². The van der Waals surface area contributed by atoms with Crippen molar-refractivity contribution < 1.29 is 22.8 Å². The molecule has 0 aliphatic carbocycles. The average Bonchev–Trinajstić information content (AvgIpc) is 3.13. The van der Waals surface area contributed by atoms with Crippen molar-refractivity contribution in [3.8, 4) is 6.07 Å². The number of anilines is 1. The Hall–Kier alpha value is -3.58. The molecule has 2 aromatic rings. The molecule has 2 fully saturated rings. The first kappa shape index (κ1) is 22.6. The Labute approximate surface area is 188 Å². The molecule has 3 amide bonds. The fourth-order valence-electron chi connectivity index (χ4n) is 4.29. The number of nitrogens with zero attached hydrogens (tertiary/aromatic N) is 4. The summed E-state index contributed by atoms with van der Waals surface area (Å²) < 4.78 is 40.4. The molecule has 2 saturated heterocycles. The number of rotatable bonds is 5. The molecule has 0 radical (unpaired) electrons. The normalized spacial score (nSPS) is 18.8. The monoisotopic (exact) mass is 457 g/mol. The zero-order valence-electron chi connectivity index (χ0n) is 17.7. The smallest absolute Gasteiger partial charge is 0.324 e. The minimum absolute atomic E-state index is 0.0848. The summed E-state index contributed by atoms with van der Waals surface area (Å²) in [6.45, 7) is 1.45. The van der Waals surface area contributed by atoms with Crippen LogP contribution in [-0.4, -0.2) is 60.0 Å². The Morgan fingerprint density at radius 3 is 2.48 bits per heavy atom. The molecule has 2 N–H and O–H groups in total. The van der Waals surface area contributed by atoms with E-state index >= 15 is 0 Å². The first-order valence-electron chi connectivity index (χ1n) is 10.5. The number of benzene rings is 2. The van der Waals surface area contributed by atoms with Gasteiger partial charge in [0.15, 0.2) is 11.6 Å². The molecule has 2 heterocycles. The molecule has 1 unspecified atom stereocenters. The van der Waals surface area contributed by atoms with E-state index in [1.807, 2.05) is 6.07 Å². The molecule has 33 heavy (non-hydrogen) atoms. The number of hydrogen-bond donors (Lipinski definition) is 1. The average molecular weight is 457 g/mol. The van der Waals surface area contributed by atoms with Crippen molar-refractivity contribution in [2.24, 2.45) is 5.73 Å². The third-order valence-corrected chi connectivity index (χ3v) is 6.02. The summed E-state index contributed by atoms with van der Waals surface area (Å²) in [6, 6.07) is 8.88. The third-order valence-electron chi connectivity index (χ3n) is 6.02. The van der Waals surface area contributed by atoms with Crippen LogP contribution < -0.4 is 10.6 Å². The van der Waals surface area contributed by atoms with E-state index in [2.05, 4.69) is 0 Å². The van der Waals surface area contributed by atoms with Crippen LogP contribution >= 0.6 is 0 Å². The predicted molar refractivity (Wildman–Crippen MR) is 114 cm³/mol. The third kappa shape index (κ3) is 4.64. The number of nitriles is 1. The van der Waals surface area contributed by atoms with E-state index in [0.717, 1.165) is 6.07 Å². The van der Waals surface area contributed by atoms with Gasteiger partial charge in [-0.05, 0) is 42.3 Å². The molecule has 2 aromatic carbocycles. The number of amides is 3. The molecule has 172 valence electrons. The van der Waals surface area contributed by atoms with E-state index in [-0.39, 0.29) is 36.4 Å². The van der Waals surface area contributed by atoms with Gasteiger partial charge in [-0.15, -0.1) is 0 Å². The standard InChI is InChI=1S/C23H22F3N5O2/c24-19-10-21(26)20(25)8-15(19)7-16(28)9-22(32)29-5-6-30-18(12-29)13-31(23(30)33)17-3-1-14(11-27)2-4-17/h1-4,8,10,16,18H,5-7,9,12-13,28H2/t16-,18?/m1/s1. The Bertz CT molecular complexity index is 1120. The van der Waals surface area contributed by atoms with E-state index in [0.29, 0.717) is 43.5 Å². The van der Waals surface area contributed by atoms with Crippen molar-refractivity contribution in [1.82, 2.24) is 9.80 Å². The van der Waals surface area contributed by atoms with Crippen molar-refractivity contribution in [3.63, 3.8) is 0 Å². The van der Waals surface area contributed by atoms with Gasteiger partial charge in [-0.2, -0.15) is 5.26 Å². The van der Waals surface area contributed by atoms with Crippen LogP contribution in [0.5, 0.6) is 0 Å². The molecule has 7 nitrogen and oxygen atoms in total. The van der Waals surface area contributed by atoms with Crippen molar-refractivity contribution in [2.45, 2.75) is 24.9 Å². The number of carbonyl (C=O) groups excluding carboxylic acids is 2. The molecule has 2 aliphatic rings. The summed E-state index contributed by atoms with van der Waals surface area (Å²) in [5.74, 6) is -3.59. The van der Waals surface area contributed by atoms with Crippen molar-refractivity contribution >= 4 is 17.6 Å². The summed E-state index contributed by atoms with van der Waals surface area (Å²) in [5.41, 5.74) is 7.09. The van der Waals surface area contributed by atoms with Gasteiger partial charge in [0.05, 0.1) is 17.7 Å². The number of piperazine rings is 1. The lowest BCUT2D eigenvalue weighted by atomic mass is 10.0. The van der Waals surface area contributed by atoms with E-state index < -0.39 is 23.5 Å². The van der Waals surface area contributed by atoms with Gasteiger partial charge >= 0.3 is 6.03 Å². The van der Waals surface area contributed by atoms with Crippen LogP contribution in [-0.2, 0) is 11.2 Å². The van der Waals surface area contributed by atoms with Gasteiger partial charge in [-0.25, -0.2) is 18.0 Å². The number of hydrogen-bond acceptors (Lipinski definition) is 4. The fourth-order valence-corrected chi connectivity index (χ4v) is 4.29. The van der Waals surface area contributed by atoms with E-state index in [9.17, 15) is 22.8 Å². The maximum atomic E-state index is 13.9. The minimum Gasteiger partial charge on any atom is -0.339 e. The molecule has 0 spiro atoms. The lowest BCUT2D eigenvalue weighted by Gasteiger charge is -2.36. The zero-order chi connectivity index (χ0) is 23.7. The second-order valence-corrected chi connectivity index (χ2v) is 8.26. The Morgan fingerprint density at radius 2 is 1.79 bits per heavy atom. The van der Waals surface area contributed by atoms with Crippen molar-refractivity contribution in [1.29, 1.82) is 5.26 Å². The summed E-state index contributed by atoms with van der Waals surface area (Å²) in [5, 5.41) is 8.94. The summed E-state index contributed by atoms with van der Waals surface area (Å²) >= 11 is 0. The fraction of sp³-hybridized carbons (Fsp3) is 0.348. The Morgan fingerprint density at radius 1 is 1.09 bits per heavy atom. The Balaban J connectivity index is 1.36. The van der Waals surface area contributed by atoms with Crippen LogP contribution in [0.15, 0.2) is 36.4 Å². The molecule has 0 aromatic heterocycles. The molecule has 0 bridgehead atoms. The van der Waals surface area contributed by atoms with E-state index in [1.54, 1.807) is 39.0 Å². The molecular formula is C23H22F3N5O2. The topological polar surface area (TPSA) is 93.7 Å². The molecule has 0 saturated carbocycles. The first-order chi connectivity index (χ1) is 15.8. The predicted octanol–water partition coefficient (Wildman–Crippen LogP) is 2.39. The van der Waals surface area contributed by atoms with Gasteiger partial charge in [0.25, 0.3) is 0 Å². The van der Waals surface area contributed by atoms with Gasteiger partial charge in [0.1, 0.15) is 5.82 Å². The highest BCUT2D eigenvalue weighted by molar-refractivity contribution is 5.95. The quantitative estimate of drug-likeness (QED) is 0.698. The van der Waals surface area contributed by atoms with E-state index in [1.165, 1.54) is 0 Å². The first-order valence-corrected chi connectivity index (χ1v) is 10.5. The van der Waals surface area contributed by atoms with Gasteiger partial charge in [0.2, 0.25) is 5.91 Å². The van der Waals surface area contributed by atoms with Gasteiger partial charge < -0.3 is 15.5 Å². The number of carbonyl (C=O) groups is 2. The number of urea groups is 1. The largest absolute Gasteiger partial charge is 0.339 e. The zero-order valence-corrected chi connectivity index (χ0v) is 17.7. The highest BCUT2D eigenvalue weighted by Gasteiger charge is 2.42. The molecule has 2 atom stereocenters. The maximum absolute atomic E-state index is 13.9. The number of fused-ring (bicyclic) bond motifs is 1. The highest BCUT2D eigenvalue weighted by atomic mass is 19.2. The molecule has 4 rings (SSSR count). The van der Waals surface area contributed by atoms with Crippen molar-refractivity contribution in [2.75, 3.05) is 31.1 Å². The highest BCUT2D eigenvalue weighted by Crippen LogP contribution is 2.27. The molecule has 10 heteroatoms. The molecular weight excluding hydrogens is 435 g/mol. The van der Waals surface area contributed by atoms with Crippen LogP contribution in [0, 0.1) is 28.8 Å². The number of nitrogens with two attached hydrogens (primary N) is 1. The van der Waals surface area contributed by atoms with Crippen LogP contribution in [0.3, 0.4) is 0 Å². The van der Waals surface area contributed by atoms with E-state index in [4.69, 9.17) is 11.0 Å². The van der Waals surface area contributed by atoms with Gasteiger partial charge in [0, 0.05) is 50.4 Å². The summed E-state index contributed by atoms with van der Waals surface area (Å²) in [4.78, 5) is 30.5. The van der Waals surface area contributed by atoms with Crippen LogP contribution in [0.25, 0.3) is 0 Å². The molecule has 2 aliphatic heterocycles. The number of halogens is 3. The van der Waals surface area contributed by atoms with Gasteiger partial charge in [-0.1, -0.05) is 0 Å². The second kappa shape index (κ2) is 9.11. The maximum Gasteiger partial charge on any atom is 0.324 e. The van der Waals surface area contributed by atoms with Crippen LogP contribution in [0.1, 0.15) is 17.5 Å². The van der Waals surface area contributed by atoms with Crippen LogP contribution in [0.4, 0.5) is 23.7 Å². The SMILES string of the molecule is N#Cc1ccc(N2CC3CN(C(=O)C[C@H](N)Cc4cc(F)c(F)cc4F)CCN3C2=O)cc1. The van der Waals surface area contributed by atoms with Crippen LogP contribution in [0.2, 0.25) is 0 Å². The Kier molecular flexibility index (Phi) is 6.24. The van der Waals surface area contributed by atoms with Gasteiger partial charge in [-0.3, -0.25) is 9.69 Å². The lowest BCUT2D eigenvalue weighted by Crippen LogP contribution is -2.54.